The first kappa shape index (κ1) is 10.3. The lowest BCUT2D eigenvalue weighted by Gasteiger charge is -2.31. The summed E-state index contributed by atoms with van der Waals surface area (Å²) in [6.07, 6.45) is 1.31. The molecule has 0 radical (unpaired) electrons. The third-order valence-corrected chi connectivity index (χ3v) is 2.06. The van der Waals surface area contributed by atoms with Gasteiger partial charge in [0.2, 0.25) is 0 Å². The van der Waals surface area contributed by atoms with Crippen molar-refractivity contribution in [3.05, 3.63) is 0 Å². The second kappa shape index (κ2) is 5.07. The van der Waals surface area contributed by atoms with Gasteiger partial charge in [-0.2, -0.15) is 0 Å². The quantitative estimate of drug-likeness (QED) is 0.501. The van der Waals surface area contributed by atoms with E-state index in [1.807, 2.05) is 0 Å². The Balaban J connectivity index is 2.40. The molecule has 0 saturated carbocycles. The van der Waals surface area contributed by atoms with Crippen molar-refractivity contribution >= 4 is 5.96 Å². The molecule has 2 N–H and O–H groups in total. The zero-order valence-electron chi connectivity index (χ0n) is 8.49. The van der Waals surface area contributed by atoms with E-state index >= 15 is 0 Å². The normalized spacial score (nSPS) is 24.9. The predicted octanol–water partition coefficient (Wildman–Crippen LogP) is 0.432. The van der Waals surface area contributed by atoms with Crippen LogP contribution in [0.3, 0.4) is 0 Å². The molecular formula is C9H19N3O. The fourth-order valence-corrected chi connectivity index (χ4v) is 1.35. The Morgan fingerprint density at radius 3 is 3.08 bits per heavy atom. The van der Waals surface area contributed by atoms with Crippen LogP contribution in [0.5, 0.6) is 0 Å². The number of guanidine groups is 1. The average Bonchev–Trinajstić information content (AvgIpc) is 2.14. The number of rotatable bonds is 2. The Kier molecular flexibility index (Phi) is 4.02. The minimum Gasteiger partial charge on any atom is -0.375 e. The van der Waals surface area contributed by atoms with Gasteiger partial charge in [-0.25, -0.2) is 0 Å². The van der Waals surface area contributed by atoms with Gasteiger partial charge in [-0.05, 0) is 13.3 Å². The molecule has 76 valence electrons. The third-order valence-electron chi connectivity index (χ3n) is 2.06. The molecule has 1 unspecified atom stereocenters. The molecule has 0 amide bonds. The van der Waals surface area contributed by atoms with Crippen LogP contribution in [-0.4, -0.2) is 43.2 Å². The third kappa shape index (κ3) is 3.22. The summed E-state index contributed by atoms with van der Waals surface area (Å²) in [5, 5.41) is 0. The minimum absolute atomic E-state index is 0.268. The number of hydrogen-bond donors (Lipinski definition) is 1. The molecule has 0 aromatic carbocycles. The van der Waals surface area contributed by atoms with Crippen LogP contribution < -0.4 is 5.73 Å². The summed E-state index contributed by atoms with van der Waals surface area (Å²) in [5.74, 6) is 0.664. The topological polar surface area (TPSA) is 50.8 Å². The molecule has 1 saturated heterocycles. The van der Waals surface area contributed by atoms with Crippen LogP contribution in [0.1, 0.15) is 20.3 Å². The van der Waals surface area contributed by atoms with E-state index in [0.29, 0.717) is 5.96 Å². The maximum Gasteiger partial charge on any atom is 0.191 e. The van der Waals surface area contributed by atoms with Crippen molar-refractivity contribution in [1.82, 2.24) is 4.90 Å². The van der Waals surface area contributed by atoms with E-state index < -0.39 is 0 Å². The summed E-state index contributed by atoms with van der Waals surface area (Å²) in [5.41, 5.74) is 5.82. The number of aliphatic imine (C=N–C) groups is 1. The molecule has 1 rings (SSSR count). The fourth-order valence-electron chi connectivity index (χ4n) is 1.35. The van der Waals surface area contributed by atoms with Gasteiger partial charge < -0.3 is 15.4 Å². The second-order valence-corrected chi connectivity index (χ2v) is 3.37. The van der Waals surface area contributed by atoms with E-state index in [1.165, 1.54) is 0 Å². The number of morpholine rings is 1. The highest BCUT2D eigenvalue weighted by Gasteiger charge is 2.17. The van der Waals surface area contributed by atoms with Gasteiger partial charge in [-0.15, -0.1) is 0 Å². The molecule has 0 aromatic heterocycles. The van der Waals surface area contributed by atoms with Crippen LogP contribution >= 0.6 is 0 Å². The molecule has 13 heavy (non-hydrogen) atoms. The zero-order chi connectivity index (χ0) is 9.68. The van der Waals surface area contributed by atoms with Gasteiger partial charge >= 0.3 is 0 Å². The van der Waals surface area contributed by atoms with Crippen molar-refractivity contribution < 1.29 is 4.74 Å². The maximum atomic E-state index is 5.82. The van der Waals surface area contributed by atoms with E-state index in [-0.39, 0.29) is 6.10 Å². The van der Waals surface area contributed by atoms with Crippen molar-refractivity contribution in [3.8, 4) is 0 Å². The Labute approximate surface area is 79.8 Å². The standard InChI is InChI=1S/C9H19N3O/c1-3-4-11-9(10)12-5-6-13-8(2)7-12/h8H,3-7H2,1-2H3,(H2,10,11). The Morgan fingerprint density at radius 1 is 1.69 bits per heavy atom. The summed E-state index contributed by atoms with van der Waals surface area (Å²) in [6.45, 7) is 7.45. The molecule has 1 aliphatic heterocycles. The van der Waals surface area contributed by atoms with Crippen molar-refractivity contribution in [2.24, 2.45) is 10.7 Å². The molecule has 4 nitrogen and oxygen atoms in total. The van der Waals surface area contributed by atoms with Gasteiger partial charge in [-0.1, -0.05) is 6.92 Å². The second-order valence-electron chi connectivity index (χ2n) is 3.37. The monoisotopic (exact) mass is 185 g/mol. The van der Waals surface area contributed by atoms with Crippen LogP contribution in [0.15, 0.2) is 4.99 Å². The van der Waals surface area contributed by atoms with Gasteiger partial charge in [-0.3, -0.25) is 4.99 Å². The Hall–Kier alpha value is -0.770. The lowest BCUT2D eigenvalue weighted by atomic mass is 10.3. The number of hydrogen-bond acceptors (Lipinski definition) is 2. The van der Waals surface area contributed by atoms with E-state index in [2.05, 4.69) is 23.7 Å². The molecular weight excluding hydrogens is 166 g/mol. The van der Waals surface area contributed by atoms with E-state index in [9.17, 15) is 0 Å². The highest BCUT2D eigenvalue weighted by molar-refractivity contribution is 5.78. The number of nitrogens with two attached hydrogens (primary N) is 1. The molecule has 1 heterocycles. The highest BCUT2D eigenvalue weighted by Crippen LogP contribution is 2.03. The first-order chi connectivity index (χ1) is 6.24. The van der Waals surface area contributed by atoms with Crippen LogP contribution in [-0.2, 0) is 4.74 Å². The van der Waals surface area contributed by atoms with Crippen molar-refractivity contribution in [2.75, 3.05) is 26.2 Å². The van der Waals surface area contributed by atoms with Gasteiger partial charge in [0.25, 0.3) is 0 Å². The lowest BCUT2D eigenvalue weighted by molar-refractivity contribution is 0.00530. The highest BCUT2D eigenvalue weighted by atomic mass is 16.5. The average molecular weight is 185 g/mol. The minimum atomic E-state index is 0.268. The van der Waals surface area contributed by atoms with Crippen LogP contribution in [0.2, 0.25) is 0 Å². The van der Waals surface area contributed by atoms with E-state index in [0.717, 1.165) is 32.7 Å². The fraction of sp³-hybridized carbons (Fsp3) is 0.889. The largest absolute Gasteiger partial charge is 0.375 e. The van der Waals surface area contributed by atoms with E-state index in [4.69, 9.17) is 10.5 Å². The first-order valence-electron chi connectivity index (χ1n) is 4.90. The molecule has 0 aliphatic carbocycles. The van der Waals surface area contributed by atoms with Crippen molar-refractivity contribution in [1.29, 1.82) is 0 Å². The first-order valence-corrected chi connectivity index (χ1v) is 4.90. The predicted molar refractivity (Wildman–Crippen MR) is 53.8 cm³/mol. The Morgan fingerprint density at radius 2 is 2.46 bits per heavy atom. The van der Waals surface area contributed by atoms with Crippen molar-refractivity contribution in [3.63, 3.8) is 0 Å². The molecule has 0 bridgehead atoms. The summed E-state index contributed by atoms with van der Waals surface area (Å²) in [7, 11) is 0. The molecule has 1 atom stereocenters. The summed E-state index contributed by atoms with van der Waals surface area (Å²) >= 11 is 0. The molecule has 0 spiro atoms. The molecule has 4 heteroatoms. The molecule has 0 aromatic rings. The lowest BCUT2D eigenvalue weighted by Crippen LogP contribution is -2.47. The molecule has 1 aliphatic rings. The number of ether oxygens (including phenoxy) is 1. The number of nitrogens with zero attached hydrogens (tertiary/aromatic N) is 2. The van der Waals surface area contributed by atoms with Crippen LogP contribution in [0.4, 0.5) is 0 Å². The van der Waals surface area contributed by atoms with Crippen LogP contribution in [0.25, 0.3) is 0 Å². The Bertz CT molecular complexity index is 182. The molecule has 1 fully saturated rings. The summed E-state index contributed by atoms with van der Waals surface area (Å²) in [6, 6.07) is 0. The summed E-state index contributed by atoms with van der Waals surface area (Å²) < 4.78 is 5.41. The SMILES string of the molecule is CCCN=C(N)N1CCOC(C)C1. The smallest absolute Gasteiger partial charge is 0.191 e. The zero-order valence-corrected chi connectivity index (χ0v) is 8.49. The van der Waals surface area contributed by atoms with E-state index in [1.54, 1.807) is 0 Å². The van der Waals surface area contributed by atoms with Crippen LogP contribution in [0, 0.1) is 0 Å². The summed E-state index contributed by atoms with van der Waals surface area (Å²) in [4.78, 5) is 6.35. The van der Waals surface area contributed by atoms with Gasteiger partial charge in [0.15, 0.2) is 5.96 Å². The van der Waals surface area contributed by atoms with Gasteiger partial charge in [0, 0.05) is 19.6 Å². The van der Waals surface area contributed by atoms with Gasteiger partial charge in [0.1, 0.15) is 0 Å². The van der Waals surface area contributed by atoms with Crippen molar-refractivity contribution in [2.45, 2.75) is 26.4 Å². The van der Waals surface area contributed by atoms with Gasteiger partial charge in [0.05, 0.1) is 12.7 Å². The maximum absolute atomic E-state index is 5.82.